The Morgan fingerprint density at radius 2 is 2.07 bits per heavy atom. The fraction of sp³-hybridized carbons (Fsp3) is 0.636. The third-order valence-electron chi connectivity index (χ3n) is 2.11. The Morgan fingerprint density at radius 3 is 2.53 bits per heavy atom. The first-order chi connectivity index (χ1) is 6.94. The van der Waals surface area contributed by atoms with Crippen LogP contribution in [-0.2, 0) is 10.0 Å². The van der Waals surface area contributed by atoms with Crippen molar-refractivity contribution in [2.24, 2.45) is 0 Å². The molecule has 0 rings (SSSR count). The van der Waals surface area contributed by atoms with Gasteiger partial charge in [-0.3, -0.25) is 0 Å². The average molecular weight is 231 g/mol. The van der Waals surface area contributed by atoms with Crippen molar-refractivity contribution in [3.63, 3.8) is 0 Å². The maximum absolute atomic E-state index is 11.7. The van der Waals surface area contributed by atoms with Crippen LogP contribution in [0.25, 0.3) is 0 Å². The molecule has 0 bridgehead atoms. The maximum Gasteiger partial charge on any atom is 0.214 e. The van der Waals surface area contributed by atoms with Crippen LogP contribution in [0, 0.1) is 0 Å². The molecule has 0 fully saturated rings. The van der Waals surface area contributed by atoms with Gasteiger partial charge in [0.15, 0.2) is 0 Å². The molecule has 3 nitrogen and oxygen atoms in total. The molecule has 0 spiro atoms. The van der Waals surface area contributed by atoms with E-state index in [4.69, 9.17) is 0 Å². The molecule has 0 aromatic carbocycles. The van der Waals surface area contributed by atoms with E-state index in [1.54, 1.807) is 13.1 Å². The number of allylic oxidation sites excluding steroid dienone is 2. The zero-order valence-electron chi connectivity index (χ0n) is 9.86. The molecule has 0 aliphatic rings. The van der Waals surface area contributed by atoms with Gasteiger partial charge in [-0.25, -0.2) is 12.7 Å². The summed E-state index contributed by atoms with van der Waals surface area (Å²) in [6, 6.07) is 0. The fourth-order valence-corrected chi connectivity index (χ4v) is 2.55. The highest BCUT2D eigenvalue weighted by Gasteiger charge is 2.16. The number of unbranched alkanes of at least 4 members (excludes halogenated alkanes) is 1. The van der Waals surface area contributed by atoms with E-state index in [9.17, 15) is 8.42 Å². The van der Waals surface area contributed by atoms with Crippen molar-refractivity contribution in [2.45, 2.75) is 26.7 Å². The van der Waals surface area contributed by atoms with E-state index in [2.05, 4.69) is 6.58 Å². The molecule has 0 saturated carbocycles. The summed E-state index contributed by atoms with van der Waals surface area (Å²) < 4.78 is 24.8. The minimum Gasteiger partial charge on any atom is -0.212 e. The molecule has 88 valence electrons. The smallest absolute Gasteiger partial charge is 0.212 e. The monoisotopic (exact) mass is 231 g/mol. The maximum atomic E-state index is 11.7. The SMILES string of the molecule is C=C/C=C(\C)CN(C)S(=O)(=O)CCCC. The third kappa shape index (κ3) is 5.74. The molecule has 0 amide bonds. The minimum atomic E-state index is -3.08. The summed E-state index contributed by atoms with van der Waals surface area (Å²) in [5, 5.41) is 0. The van der Waals surface area contributed by atoms with Gasteiger partial charge in [-0.1, -0.05) is 37.6 Å². The van der Waals surface area contributed by atoms with E-state index in [1.807, 2.05) is 19.9 Å². The molecule has 0 heterocycles. The van der Waals surface area contributed by atoms with Crippen molar-refractivity contribution in [1.82, 2.24) is 4.31 Å². The third-order valence-corrected chi connectivity index (χ3v) is 3.99. The number of hydrogen-bond acceptors (Lipinski definition) is 2. The molecule has 0 radical (unpaired) electrons. The number of hydrogen-bond donors (Lipinski definition) is 0. The predicted octanol–water partition coefficient (Wildman–Crippen LogP) is 2.18. The van der Waals surface area contributed by atoms with Gasteiger partial charge in [0.1, 0.15) is 0 Å². The Bertz CT molecular complexity index is 317. The molecule has 15 heavy (non-hydrogen) atoms. The highest BCUT2D eigenvalue weighted by atomic mass is 32.2. The van der Waals surface area contributed by atoms with E-state index in [0.717, 1.165) is 18.4 Å². The molecule has 0 aliphatic carbocycles. The first-order valence-corrected chi connectivity index (χ1v) is 6.77. The fourth-order valence-electron chi connectivity index (χ4n) is 1.19. The lowest BCUT2D eigenvalue weighted by Crippen LogP contribution is -2.30. The van der Waals surface area contributed by atoms with Crippen LogP contribution in [-0.4, -0.2) is 32.1 Å². The topological polar surface area (TPSA) is 37.4 Å². The zero-order chi connectivity index (χ0) is 11.9. The molecule has 4 heteroatoms. The van der Waals surface area contributed by atoms with Crippen LogP contribution in [0.3, 0.4) is 0 Å². The van der Waals surface area contributed by atoms with E-state index in [0.29, 0.717) is 6.54 Å². The van der Waals surface area contributed by atoms with Gasteiger partial charge in [0.2, 0.25) is 10.0 Å². The summed E-state index contributed by atoms with van der Waals surface area (Å²) in [5.41, 5.74) is 0.993. The van der Waals surface area contributed by atoms with E-state index in [-0.39, 0.29) is 5.75 Å². The lowest BCUT2D eigenvalue weighted by Gasteiger charge is -2.17. The van der Waals surface area contributed by atoms with Gasteiger partial charge in [-0.2, -0.15) is 0 Å². The lowest BCUT2D eigenvalue weighted by atomic mass is 10.3. The van der Waals surface area contributed by atoms with Crippen LogP contribution in [0.2, 0.25) is 0 Å². The standard InChI is InChI=1S/C11H21NO2S/c1-5-7-9-15(13,14)12(4)10-11(3)8-6-2/h6,8H,2,5,7,9-10H2,1,3-4H3/b11-8+. The number of sulfonamides is 1. The van der Waals surface area contributed by atoms with Gasteiger partial charge in [0.05, 0.1) is 5.75 Å². The van der Waals surface area contributed by atoms with Crippen molar-refractivity contribution in [2.75, 3.05) is 19.3 Å². The van der Waals surface area contributed by atoms with Crippen LogP contribution >= 0.6 is 0 Å². The Labute approximate surface area is 93.5 Å². The summed E-state index contributed by atoms with van der Waals surface area (Å²) in [5.74, 6) is 0.237. The van der Waals surface area contributed by atoms with Crippen LogP contribution in [0.5, 0.6) is 0 Å². The summed E-state index contributed by atoms with van der Waals surface area (Å²) in [7, 11) is -1.46. The minimum absolute atomic E-state index is 0.237. The Balaban J connectivity index is 4.37. The van der Waals surface area contributed by atoms with E-state index < -0.39 is 10.0 Å². The molecule has 0 aromatic rings. The highest BCUT2D eigenvalue weighted by molar-refractivity contribution is 7.89. The molecule has 0 atom stereocenters. The Morgan fingerprint density at radius 1 is 1.47 bits per heavy atom. The average Bonchev–Trinajstić information content (AvgIpc) is 2.15. The van der Waals surface area contributed by atoms with Gasteiger partial charge in [-0.15, -0.1) is 0 Å². The quantitative estimate of drug-likeness (QED) is 0.630. The van der Waals surface area contributed by atoms with E-state index in [1.165, 1.54) is 4.31 Å². The second kappa shape index (κ2) is 6.80. The number of nitrogens with zero attached hydrogens (tertiary/aromatic N) is 1. The second-order valence-electron chi connectivity index (χ2n) is 3.67. The normalized spacial score (nSPS) is 13.2. The zero-order valence-corrected chi connectivity index (χ0v) is 10.7. The van der Waals surface area contributed by atoms with Gasteiger partial charge >= 0.3 is 0 Å². The highest BCUT2D eigenvalue weighted by Crippen LogP contribution is 2.05. The van der Waals surface area contributed by atoms with Crippen molar-refractivity contribution in [1.29, 1.82) is 0 Å². The number of likely N-dealkylation sites (N-methyl/N-ethyl adjacent to an activating group) is 1. The largest absolute Gasteiger partial charge is 0.214 e. The summed E-state index contributed by atoms with van der Waals surface area (Å²) in [6.45, 7) is 7.90. The first kappa shape index (κ1) is 14.4. The molecule has 0 unspecified atom stereocenters. The van der Waals surface area contributed by atoms with Crippen molar-refractivity contribution in [3.05, 3.63) is 24.3 Å². The Hall–Kier alpha value is -0.610. The number of rotatable bonds is 7. The van der Waals surface area contributed by atoms with Crippen molar-refractivity contribution in [3.8, 4) is 0 Å². The summed E-state index contributed by atoms with van der Waals surface area (Å²) in [6.07, 6.45) is 5.11. The molecule has 0 saturated heterocycles. The Kier molecular flexibility index (Phi) is 6.52. The van der Waals surface area contributed by atoms with Gasteiger partial charge in [-0.05, 0) is 13.3 Å². The first-order valence-electron chi connectivity index (χ1n) is 5.16. The molecular formula is C11H21NO2S. The molecule has 0 N–H and O–H groups in total. The van der Waals surface area contributed by atoms with Crippen LogP contribution in [0.15, 0.2) is 24.3 Å². The summed E-state index contributed by atoms with van der Waals surface area (Å²) in [4.78, 5) is 0. The van der Waals surface area contributed by atoms with Crippen LogP contribution in [0.4, 0.5) is 0 Å². The summed E-state index contributed by atoms with van der Waals surface area (Å²) >= 11 is 0. The predicted molar refractivity (Wildman–Crippen MR) is 65.3 cm³/mol. The van der Waals surface area contributed by atoms with Gasteiger partial charge < -0.3 is 0 Å². The second-order valence-corrected chi connectivity index (χ2v) is 5.87. The molecular weight excluding hydrogens is 210 g/mol. The lowest BCUT2D eigenvalue weighted by molar-refractivity contribution is 0.490. The van der Waals surface area contributed by atoms with Gasteiger partial charge in [0, 0.05) is 13.6 Å². The van der Waals surface area contributed by atoms with Crippen molar-refractivity contribution >= 4 is 10.0 Å². The molecule has 0 aliphatic heterocycles. The van der Waals surface area contributed by atoms with Crippen LogP contribution < -0.4 is 0 Å². The molecule has 0 aromatic heterocycles. The van der Waals surface area contributed by atoms with Crippen molar-refractivity contribution < 1.29 is 8.42 Å². The van der Waals surface area contributed by atoms with Crippen LogP contribution in [0.1, 0.15) is 26.7 Å². The van der Waals surface area contributed by atoms with Gasteiger partial charge in [0.25, 0.3) is 0 Å². The van der Waals surface area contributed by atoms with E-state index >= 15 is 0 Å².